The summed E-state index contributed by atoms with van der Waals surface area (Å²) in [5, 5.41) is 6.49. The Bertz CT molecular complexity index is 857. The summed E-state index contributed by atoms with van der Waals surface area (Å²) < 4.78 is 5.39. The van der Waals surface area contributed by atoms with E-state index in [1.165, 1.54) is 0 Å². The van der Waals surface area contributed by atoms with E-state index in [2.05, 4.69) is 25.5 Å². The van der Waals surface area contributed by atoms with Crippen LogP contribution in [0.15, 0.2) is 53.7 Å². The summed E-state index contributed by atoms with van der Waals surface area (Å²) in [4.78, 5) is 25.8. The molecule has 0 saturated carbocycles. The van der Waals surface area contributed by atoms with Crippen LogP contribution in [0, 0.1) is 0 Å². The predicted octanol–water partition coefficient (Wildman–Crippen LogP) is 2.50. The molecule has 1 amide bonds. The van der Waals surface area contributed by atoms with Gasteiger partial charge in [0.1, 0.15) is 11.6 Å². The Kier molecular flexibility index (Phi) is 11.1. The SMILES string of the molecule is CCNC(=NCc1ccccc1OC)NCCC(=O)N1CCN(c2ccccn2)CC1.I. The molecule has 1 aromatic carbocycles. The van der Waals surface area contributed by atoms with Gasteiger partial charge in [-0.2, -0.15) is 0 Å². The number of rotatable bonds is 8. The van der Waals surface area contributed by atoms with Gasteiger partial charge in [0.05, 0.1) is 13.7 Å². The van der Waals surface area contributed by atoms with Crippen LogP contribution in [0.5, 0.6) is 5.75 Å². The predicted molar refractivity (Wildman–Crippen MR) is 139 cm³/mol. The monoisotopic (exact) mass is 552 g/mol. The number of aliphatic imine (C=N–C) groups is 1. The van der Waals surface area contributed by atoms with Crippen LogP contribution >= 0.6 is 24.0 Å². The molecule has 0 unspecified atom stereocenters. The molecule has 2 aromatic rings. The molecule has 2 heterocycles. The largest absolute Gasteiger partial charge is 0.496 e. The lowest BCUT2D eigenvalue weighted by Crippen LogP contribution is -2.49. The molecule has 2 N–H and O–H groups in total. The van der Waals surface area contributed by atoms with E-state index in [1.807, 2.05) is 54.3 Å². The first-order valence-electron chi connectivity index (χ1n) is 10.8. The zero-order chi connectivity index (χ0) is 21.9. The molecule has 174 valence electrons. The molecular formula is C23H33IN6O2. The molecule has 1 aliphatic heterocycles. The molecule has 0 radical (unpaired) electrons. The highest BCUT2D eigenvalue weighted by molar-refractivity contribution is 14.0. The minimum Gasteiger partial charge on any atom is -0.496 e. The molecule has 3 rings (SSSR count). The molecule has 1 aliphatic rings. The van der Waals surface area contributed by atoms with E-state index in [0.717, 1.165) is 49.9 Å². The highest BCUT2D eigenvalue weighted by Gasteiger charge is 2.21. The number of pyridine rings is 1. The second-order valence-corrected chi connectivity index (χ2v) is 7.24. The number of carbonyl (C=O) groups excluding carboxylic acids is 1. The van der Waals surface area contributed by atoms with Crippen molar-refractivity contribution in [1.29, 1.82) is 0 Å². The van der Waals surface area contributed by atoms with E-state index in [4.69, 9.17) is 4.74 Å². The highest BCUT2D eigenvalue weighted by atomic mass is 127. The molecule has 1 aromatic heterocycles. The number of guanidine groups is 1. The Labute approximate surface area is 207 Å². The first-order valence-corrected chi connectivity index (χ1v) is 10.8. The number of benzene rings is 1. The molecule has 0 aliphatic carbocycles. The van der Waals surface area contributed by atoms with Crippen LogP contribution in [0.25, 0.3) is 0 Å². The fourth-order valence-corrected chi connectivity index (χ4v) is 3.51. The van der Waals surface area contributed by atoms with Crippen LogP contribution < -0.4 is 20.3 Å². The Morgan fingerprint density at radius 3 is 2.53 bits per heavy atom. The van der Waals surface area contributed by atoms with Gasteiger partial charge in [0.25, 0.3) is 0 Å². The zero-order valence-electron chi connectivity index (χ0n) is 18.8. The first-order chi connectivity index (χ1) is 15.2. The Hall–Kier alpha value is -2.56. The molecule has 1 saturated heterocycles. The number of nitrogens with one attached hydrogen (secondary N) is 2. The molecule has 32 heavy (non-hydrogen) atoms. The van der Waals surface area contributed by atoms with E-state index in [1.54, 1.807) is 13.3 Å². The van der Waals surface area contributed by atoms with Gasteiger partial charge in [-0.25, -0.2) is 9.98 Å². The second kappa shape index (κ2) is 13.8. The van der Waals surface area contributed by atoms with Crippen molar-refractivity contribution in [2.45, 2.75) is 19.9 Å². The number of aromatic nitrogens is 1. The minimum absolute atomic E-state index is 0. The van der Waals surface area contributed by atoms with Gasteiger partial charge in [-0.3, -0.25) is 4.79 Å². The van der Waals surface area contributed by atoms with E-state index in [-0.39, 0.29) is 29.9 Å². The number of piperazine rings is 1. The summed E-state index contributed by atoms with van der Waals surface area (Å²) in [6.45, 7) is 6.86. The van der Waals surface area contributed by atoms with Crippen LogP contribution in [0.1, 0.15) is 18.9 Å². The number of hydrogen-bond acceptors (Lipinski definition) is 5. The summed E-state index contributed by atoms with van der Waals surface area (Å²) in [5.74, 6) is 2.65. The van der Waals surface area contributed by atoms with Gasteiger partial charge in [0, 0.05) is 57.4 Å². The van der Waals surface area contributed by atoms with Crippen LogP contribution in [-0.2, 0) is 11.3 Å². The average molecular weight is 552 g/mol. The standard InChI is InChI=1S/C23H32N6O2.HI/c1-3-24-23(27-18-19-8-4-5-9-20(19)31-2)26-13-11-22(30)29-16-14-28(15-17-29)21-10-6-7-12-25-21;/h4-10,12H,3,11,13-18H2,1-2H3,(H2,24,26,27);1H. The zero-order valence-corrected chi connectivity index (χ0v) is 21.1. The van der Waals surface area contributed by atoms with Crippen molar-refractivity contribution in [3.05, 3.63) is 54.2 Å². The number of para-hydroxylation sites is 1. The third kappa shape index (κ3) is 7.54. The summed E-state index contributed by atoms with van der Waals surface area (Å²) in [7, 11) is 1.66. The summed E-state index contributed by atoms with van der Waals surface area (Å²) in [6.07, 6.45) is 2.23. The van der Waals surface area contributed by atoms with E-state index < -0.39 is 0 Å². The van der Waals surface area contributed by atoms with Crippen molar-refractivity contribution < 1.29 is 9.53 Å². The van der Waals surface area contributed by atoms with Crippen LogP contribution in [0.3, 0.4) is 0 Å². The maximum absolute atomic E-state index is 12.6. The van der Waals surface area contributed by atoms with Gasteiger partial charge in [-0.05, 0) is 25.1 Å². The lowest BCUT2D eigenvalue weighted by Gasteiger charge is -2.35. The average Bonchev–Trinajstić information content (AvgIpc) is 2.83. The van der Waals surface area contributed by atoms with Crippen LogP contribution in [0.4, 0.5) is 5.82 Å². The normalized spacial score (nSPS) is 13.9. The van der Waals surface area contributed by atoms with Gasteiger partial charge in [-0.15, -0.1) is 24.0 Å². The van der Waals surface area contributed by atoms with Gasteiger partial charge < -0.3 is 25.2 Å². The van der Waals surface area contributed by atoms with Gasteiger partial charge >= 0.3 is 0 Å². The molecule has 9 heteroatoms. The van der Waals surface area contributed by atoms with Gasteiger partial charge in [-0.1, -0.05) is 24.3 Å². The Balaban J connectivity index is 0.00000363. The maximum atomic E-state index is 12.6. The fraction of sp³-hybridized carbons (Fsp3) is 0.435. The Morgan fingerprint density at radius 2 is 1.84 bits per heavy atom. The van der Waals surface area contributed by atoms with Crippen molar-refractivity contribution in [3.8, 4) is 5.75 Å². The van der Waals surface area contributed by atoms with Crippen molar-refractivity contribution in [2.24, 2.45) is 4.99 Å². The number of amides is 1. The van der Waals surface area contributed by atoms with Crippen molar-refractivity contribution >= 4 is 41.7 Å². The number of nitrogens with zero attached hydrogens (tertiary/aromatic N) is 4. The van der Waals surface area contributed by atoms with Gasteiger partial charge in [0.2, 0.25) is 5.91 Å². The van der Waals surface area contributed by atoms with Crippen LogP contribution in [0.2, 0.25) is 0 Å². The van der Waals surface area contributed by atoms with Crippen molar-refractivity contribution in [3.63, 3.8) is 0 Å². The molecule has 0 bridgehead atoms. The smallest absolute Gasteiger partial charge is 0.224 e. The Morgan fingerprint density at radius 1 is 1.09 bits per heavy atom. The van der Waals surface area contributed by atoms with Crippen LogP contribution in [-0.4, -0.2) is 68.1 Å². The third-order valence-corrected chi connectivity index (χ3v) is 5.18. The quantitative estimate of drug-likeness (QED) is 0.298. The highest BCUT2D eigenvalue weighted by Crippen LogP contribution is 2.18. The second-order valence-electron chi connectivity index (χ2n) is 7.24. The summed E-state index contributed by atoms with van der Waals surface area (Å²) >= 11 is 0. The lowest BCUT2D eigenvalue weighted by molar-refractivity contribution is -0.131. The topological polar surface area (TPSA) is 82.1 Å². The number of hydrogen-bond donors (Lipinski definition) is 2. The number of anilines is 1. The molecule has 0 spiro atoms. The molecule has 1 fully saturated rings. The minimum atomic E-state index is 0. The van der Waals surface area contributed by atoms with E-state index >= 15 is 0 Å². The maximum Gasteiger partial charge on any atom is 0.224 e. The van der Waals surface area contributed by atoms with Crippen molar-refractivity contribution in [1.82, 2.24) is 20.5 Å². The third-order valence-electron chi connectivity index (χ3n) is 5.18. The van der Waals surface area contributed by atoms with E-state index in [0.29, 0.717) is 25.5 Å². The lowest BCUT2D eigenvalue weighted by atomic mass is 10.2. The number of halogens is 1. The first kappa shape index (κ1) is 25.7. The molecular weight excluding hydrogens is 519 g/mol. The molecule has 8 nitrogen and oxygen atoms in total. The molecule has 0 atom stereocenters. The number of methoxy groups -OCH3 is 1. The summed E-state index contributed by atoms with van der Waals surface area (Å²) in [5.41, 5.74) is 1.02. The number of ether oxygens (including phenoxy) is 1. The summed E-state index contributed by atoms with van der Waals surface area (Å²) in [6, 6.07) is 13.8. The number of carbonyl (C=O) groups is 1. The van der Waals surface area contributed by atoms with E-state index in [9.17, 15) is 4.79 Å². The van der Waals surface area contributed by atoms with Gasteiger partial charge in [0.15, 0.2) is 5.96 Å². The fourth-order valence-electron chi connectivity index (χ4n) is 3.51. The van der Waals surface area contributed by atoms with Crippen molar-refractivity contribution in [2.75, 3.05) is 51.3 Å².